The molecular formula is C14H23N3O3S. The maximum absolute atomic E-state index is 11.0. The lowest BCUT2D eigenvalue weighted by atomic mass is 10.3. The molecule has 0 aliphatic heterocycles. The Bertz CT molecular complexity index is 530. The van der Waals surface area contributed by atoms with Crippen LogP contribution in [-0.2, 0) is 9.84 Å². The third-order valence-corrected chi connectivity index (χ3v) is 3.64. The van der Waals surface area contributed by atoms with Gasteiger partial charge in [-0.2, -0.15) is 0 Å². The highest BCUT2D eigenvalue weighted by atomic mass is 32.2. The summed E-state index contributed by atoms with van der Waals surface area (Å²) >= 11 is 0. The van der Waals surface area contributed by atoms with Gasteiger partial charge < -0.3 is 15.4 Å². The lowest BCUT2D eigenvalue weighted by Crippen LogP contribution is -2.40. The molecule has 0 spiro atoms. The highest BCUT2D eigenvalue weighted by molar-refractivity contribution is 7.90. The van der Waals surface area contributed by atoms with E-state index in [1.807, 2.05) is 30.3 Å². The van der Waals surface area contributed by atoms with E-state index in [1.54, 1.807) is 7.05 Å². The Balaban J connectivity index is 2.14. The van der Waals surface area contributed by atoms with E-state index in [0.29, 0.717) is 32.1 Å². The van der Waals surface area contributed by atoms with Crippen molar-refractivity contribution in [2.75, 3.05) is 38.8 Å². The first-order chi connectivity index (χ1) is 10.0. The fourth-order valence-corrected chi connectivity index (χ4v) is 2.29. The number of hydrogen-bond acceptors (Lipinski definition) is 4. The summed E-state index contributed by atoms with van der Waals surface area (Å²) in [6.45, 7) is 1.70. The van der Waals surface area contributed by atoms with E-state index in [1.165, 1.54) is 6.26 Å². The fraction of sp³-hybridized carbons (Fsp3) is 0.500. The van der Waals surface area contributed by atoms with Gasteiger partial charge in [0, 0.05) is 19.8 Å². The van der Waals surface area contributed by atoms with Gasteiger partial charge >= 0.3 is 0 Å². The maximum atomic E-state index is 11.0. The molecule has 21 heavy (non-hydrogen) atoms. The molecule has 0 saturated carbocycles. The second-order valence-corrected chi connectivity index (χ2v) is 6.83. The van der Waals surface area contributed by atoms with Gasteiger partial charge in [-0.15, -0.1) is 0 Å². The number of ether oxygens (including phenoxy) is 1. The Kier molecular flexibility index (Phi) is 7.60. The van der Waals surface area contributed by atoms with Crippen LogP contribution in [0.25, 0.3) is 0 Å². The first kappa shape index (κ1) is 17.3. The Labute approximate surface area is 126 Å². The quantitative estimate of drug-likeness (QED) is 0.419. The zero-order chi connectivity index (χ0) is 15.6. The monoisotopic (exact) mass is 313 g/mol. The molecule has 0 aliphatic rings. The molecule has 0 atom stereocenters. The van der Waals surface area contributed by atoms with Gasteiger partial charge in [0.1, 0.15) is 22.2 Å². The van der Waals surface area contributed by atoms with E-state index < -0.39 is 9.84 Å². The van der Waals surface area contributed by atoms with Gasteiger partial charge in [-0.3, -0.25) is 4.99 Å². The van der Waals surface area contributed by atoms with Gasteiger partial charge in [0.25, 0.3) is 0 Å². The smallest absolute Gasteiger partial charge is 0.191 e. The lowest BCUT2D eigenvalue weighted by molar-refractivity contribution is 0.322. The summed E-state index contributed by atoms with van der Waals surface area (Å²) in [6.07, 6.45) is 1.79. The van der Waals surface area contributed by atoms with Gasteiger partial charge in [0.05, 0.1) is 12.3 Å². The number of nitrogens with one attached hydrogen (secondary N) is 2. The second-order valence-electron chi connectivity index (χ2n) is 4.57. The first-order valence-corrected chi connectivity index (χ1v) is 8.87. The van der Waals surface area contributed by atoms with Crippen LogP contribution in [0.5, 0.6) is 5.75 Å². The third kappa shape index (κ3) is 8.91. The van der Waals surface area contributed by atoms with Gasteiger partial charge in [0.2, 0.25) is 0 Å². The molecule has 0 radical (unpaired) electrons. The average Bonchev–Trinajstić information content (AvgIpc) is 2.45. The van der Waals surface area contributed by atoms with Crippen LogP contribution in [0.1, 0.15) is 6.42 Å². The minimum atomic E-state index is -2.90. The molecule has 0 heterocycles. The molecule has 0 unspecified atom stereocenters. The Morgan fingerprint density at radius 1 is 1.19 bits per heavy atom. The van der Waals surface area contributed by atoms with Gasteiger partial charge in [-0.25, -0.2) is 8.42 Å². The molecule has 0 fully saturated rings. The van der Waals surface area contributed by atoms with E-state index in [-0.39, 0.29) is 5.75 Å². The largest absolute Gasteiger partial charge is 0.492 e. The van der Waals surface area contributed by atoms with E-state index in [4.69, 9.17) is 4.74 Å². The van der Waals surface area contributed by atoms with Crippen LogP contribution >= 0.6 is 0 Å². The number of guanidine groups is 1. The lowest BCUT2D eigenvalue weighted by Gasteiger charge is -2.12. The van der Waals surface area contributed by atoms with Crippen molar-refractivity contribution in [3.05, 3.63) is 30.3 Å². The van der Waals surface area contributed by atoms with E-state index in [0.717, 1.165) is 5.75 Å². The van der Waals surface area contributed by atoms with Crippen molar-refractivity contribution in [1.82, 2.24) is 10.6 Å². The Morgan fingerprint density at radius 2 is 1.86 bits per heavy atom. The summed E-state index contributed by atoms with van der Waals surface area (Å²) in [5.41, 5.74) is 0. The SMILES string of the molecule is CN=C(NCCCS(C)(=O)=O)NCCOc1ccccc1. The van der Waals surface area contributed by atoms with Crippen molar-refractivity contribution in [3.63, 3.8) is 0 Å². The predicted molar refractivity (Wildman–Crippen MR) is 85.6 cm³/mol. The summed E-state index contributed by atoms with van der Waals surface area (Å²) in [5.74, 6) is 1.64. The average molecular weight is 313 g/mol. The van der Waals surface area contributed by atoms with E-state index >= 15 is 0 Å². The summed E-state index contributed by atoms with van der Waals surface area (Å²) in [6, 6.07) is 9.58. The topological polar surface area (TPSA) is 79.8 Å². The van der Waals surface area contributed by atoms with E-state index in [9.17, 15) is 8.42 Å². The van der Waals surface area contributed by atoms with Crippen molar-refractivity contribution in [2.24, 2.45) is 4.99 Å². The molecule has 7 heteroatoms. The maximum Gasteiger partial charge on any atom is 0.191 e. The van der Waals surface area contributed by atoms with Crippen molar-refractivity contribution < 1.29 is 13.2 Å². The zero-order valence-corrected chi connectivity index (χ0v) is 13.3. The molecule has 0 aliphatic carbocycles. The van der Waals surface area contributed by atoms with Crippen molar-refractivity contribution >= 4 is 15.8 Å². The third-order valence-electron chi connectivity index (χ3n) is 2.61. The van der Waals surface area contributed by atoms with Crippen LogP contribution in [-0.4, -0.2) is 53.1 Å². The molecule has 0 amide bonds. The van der Waals surface area contributed by atoms with Crippen LogP contribution < -0.4 is 15.4 Å². The number of aliphatic imine (C=N–C) groups is 1. The number of hydrogen-bond donors (Lipinski definition) is 2. The minimum Gasteiger partial charge on any atom is -0.492 e. The van der Waals surface area contributed by atoms with Crippen LogP contribution in [0.15, 0.2) is 35.3 Å². The molecular weight excluding hydrogens is 290 g/mol. The molecule has 0 saturated heterocycles. The fourth-order valence-electron chi connectivity index (χ4n) is 1.62. The molecule has 1 aromatic rings. The van der Waals surface area contributed by atoms with E-state index in [2.05, 4.69) is 15.6 Å². The van der Waals surface area contributed by atoms with Gasteiger partial charge in [-0.1, -0.05) is 18.2 Å². The number of sulfone groups is 1. The highest BCUT2D eigenvalue weighted by Crippen LogP contribution is 2.07. The van der Waals surface area contributed by atoms with Crippen molar-refractivity contribution in [1.29, 1.82) is 0 Å². The molecule has 2 N–H and O–H groups in total. The van der Waals surface area contributed by atoms with Crippen LogP contribution in [0.2, 0.25) is 0 Å². The predicted octanol–water partition coefficient (Wildman–Crippen LogP) is 0.665. The Hall–Kier alpha value is -1.76. The second kappa shape index (κ2) is 9.23. The van der Waals surface area contributed by atoms with Crippen molar-refractivity contribution in [2.45, 2.75) is 6.42 Å². The zero-order valence-electron chi connectivity index (χ0n) is 12.5. The molecule has 1 aromatic carbocycles. The molecule has 0 aromatic heterocycles. The van der Waals surface area contributed by atoms with Crippen LogP contribution in [0, 0.1) is 0 Å². The van der Waals surface area contributed by atoms with Crippen LogP contribution in [0.4, 0.5) is 0 Å². The first-order valence-electron chi connectivity index (χ1n) is 6.81. The summed E-state index contributed by atoms with van der Waals surface area (Å²) < 4.78 is 27.5. The number of para-hydroxylation sites is 1. The van der Waals surface area contributed by atoms with Gasteiger partial charge in [0.15, 0.2) is 5.96 Å². The van der Waals surface area contributed by atoms with Gasteiger partial charge in [-0.05, 0) is 18.6 Å². The molecule has 0 bridgehead atoms. The molecule has 1 rings (SSSR count). The normalized spacial score (nSPS) is 12.0. The standard InChI is InChI=1S/C14H23N3O3S/c1-15-14(16-9-6-12-21(2,18)19)17-10-11-20-13-7-4-3-5-8-13/h3-5,7-8H,6,9-12H2,1-2H3,(H2,15,16,17). The number of benzene rings is 1. The number of nitrogens with zero attached hydrogens (tertiary/aromatic N) is 1. The minimum absolute atomic E-state index is 0.175. The number of rotatable bonds is 8. The highest BCUT2D eigenvalue weighted by Gasteiger charge is 2.02. The summed E-state index contributed by atoms with van der Waals surface area (Å²) in [5, 5.41) is 6.16. The molecule has 118 valence electrons. The summed E-state index contributed by atoms with van der Waals surface area (Å²) in [7, 11) is -1.23. The van der Waals surface area contributed by atoms with Crippen LogP contribution in [0.3, 0.4) is 0 Å². The molecule has 6 nitrogen and oxygen atoms in total. The van der Waals surface area contributed by atoms with Crippen molar-refractivity contribution in [3.8, 4) is 5.75 Å². The summed E-state index contributed by atoms with van der Waals surface area (Å²) in [4.78, 5) is 4.06. The Morgan fingerprint density at radius 3 is 2.48 bits per heavy atom.